The molecule has 0 unspecified atom stereocenters. The Kier molecular flexibility index (Phi) is 3.76. The second kappa shape index (κ2) is 4.44. The maximum Gasteiger partial charge on any atom is 0.211 e. The van der Waals surface area contributed by atoms with Gasteiger partial charge in [0.05, 0.1) is 15.2 Å². The fraction of sp³-hybridized carbons (Fsp3) is 0.125. The van der Waals surface area contributed by atoms with Crippen LogP contribution in [0.4, 0.5) is 5.69 Å². The number of aryl methyl sites for hydroxylation is 1. The highest BCUT2D eigenvalue weighted by Crippen LogP contribution is 2.38. The van der Waals surface area contributed by atoms with Crippen LogP contribution in [0.3, 0.4) is 0 Å². The quantitative estimate of drug-likeness (QED) is 0.651. The molecule has 70 valence electrons. The average Bonchev–Trinajstić information content (AvgIpc) is 2.09. The van der Waals surface area contributed by atoms with E-state index >= 15 is 0 Å². The van der Waals surface area contributed by atoms with Gasteiger partial charge in [-0.05, 0) is 50.4 Å². The van der Waals surface area contributed by atoms with Crippen LogP contribution in [0.1, 0.15) is 5.56 Å². The molecular formula is C8H6Br2ClNO. The monoisotopic (exact) mass is 325 g/mol. The Hall–Kier alpha value is -0.0600. The molecule has 1 rings (SSSR count). The third kappa shape index (κ3) is 2.24. The second-order valence-corrected chi connectivity index (χ2v) is 4.47. The molecular weight excluding hydrogens is 321 g/mol. The molecule has 0 radical (unpaired) electrons. The van der Waals surface area contributed by atoms with E-state index < -0.39 is 0 Å². The first-order chi connectivity index (χ1) is 6.07. The summed E-state index contributed by atoms with van der Waals surface area (Å²) in [7, 11) is 0. The molecule has 5 heteroatoms. The predicted octanol–water partition coefficient (Wildman–Crippen LogP) is 3.74. The third-order valence-electron chi connectivity index (χ3n) is 1.56. The largest absolute Gasteiger partial charge is 0.327 e. The molecule has 0 saturated carbocycles. The molecule has 0 atom stereocenters. The summed E-state index contributed by atoms with van der Waals surface area (Å²) in [6.45, 7) is 1.89. The van der Waals surface area contributed by atoms with E-state index in [0.717, 1.165) is 10.0 Å². The summed E-state index contributed by atoms with van der Waals surface area (Å²) in [6.07, 6.45) is 0.622. The average molecular weight is 327 g/mol. The number of halogens is 3. The lowest BCUT2D eigenvalue weighted by Crippen LogP contribution is -1.98. The van der Waals surface area contributed by atoms with Gasteiger partial charge in [0.25, 0.3) is 0 Å². The zero-order chi connectivity index (χ0) is 10.0. The van der Waals surface area contributed by atoms with Crippen LogP contribution >= 0.6 is 43.5 Å². The van der Waals surface area contributed by atoms with Crippen molar-refractivity contribution in [2.45, 2.75) is 6.92 Å². The molecule has 0 aliphatic rings. The molecule has 0 heterocycles. The van der Waals surface area contributed by atoms with Gasteiger partial charge in [0.15, 0.2) is 0 Å². The SMILES string of the molecule is Cc1cc(Br)c(Cl)c(Br)c1NC=O. The van der Waals surface area contributed by atoms with Crippen LogP contribution in [0.2, 0.25) is 5.02 Å². The smallest absolute Gasteiger partial charge is 0.211 e. The lowest BCUT2D eigenvalue weighted by molar-refractivity contribution is -0.105. The number of benzene rings is 1. The van der Waals surface area contributed by atoms with Gasteiger partial charge in [0.2, 0.25) is 6.41 Å². The summed E-state index contributed by atoms with van der Waals surface area (Å²) in [5, 5.41) is 3.13. The number of amides is 1. The highest BCUT2D eigenvalue weighted by atomic mass is 79.9. The molecule has 1 aromatic rings. The van der Waals surface area contributed by atoms with Crippen molar-refractivity contribution in [3.63, 3.8) is 0 Å². The van der Waals surface area contributed by atoms with Gasteiger partial charge in [-0.3, -0.25) is 4.79 Å². The Morgan fingerprint density at radius 3 is 2.69 bits per heavy atom. The minimum Gasteiger partial charge on any atom is -0.327 e. The Morgan fingerprint density at radius 2 is 2.15 bits per heavy atom. The normalized spacial score (nSPS) is 9.85. The van der Waals surface area contributed by atoms with Crippen LogP contribution < -0.4 is 5.32 Å². The summed E-state index contributed by atoms with van der Waals surface area (Å²) >= 11 is 12.5. The molecule has 0 saturated heterocycles. The minimum atomic E-state index is 0.551. The molecule has 1 aromatic carbocycles. The molecule has 1 N–H and O–H groups in total. The minimum absolute atomic E-state index is 0.551. The zero-order valence-corrected chi connectivity index (χ0v) is 10.6. The van der Waals surface area contributed by atoms with Gasteiger partial charge in [0.1, 0.15) is 0 Å². The van der Waals surface area contributed by atoms with Crippen molar-refractivity contribution in [1.29, 1.82) is 0 Å². The summed E-state index contributed by atoms with van der Waals surface area (Å²) in [5.74, 6) is 0. The number of anilines is 1. The Balaban J connectivity index is 3.34. The lowest BCUT2D eigenvalue weighted by Gasteiger charge is -2.09. The Labute approximate surface area is 97.9 Å². The maximum atomic E-state index is 10.3. The fourth-order valence-corrected chi connectivity index (χ4v) is 2.55. The van der Waals surface area contributed by atoms with E-state index in [1.165, 1.54) is 0 Å². The molecule has 0 spiro atoms. The van der Waals surface area contributed by atoms with E-state index in [-0.39, 0.29) is 0 Å². The first-order valence-electron chi connectivity index (χ1n) is 3.42. The van der Waals surface area contributed by atoms with Crippen LogP contribution in [-0.2, 0) is 4.79 Å². The predicted molar refractivity (Wildman–Crippen MR) is 61.3 cm³/mol. The summed E-state index contributed by atoms with van der Waals surface area (Å²) in [4.78, 5) is 10.3. The molecule has 0 aliphatic heterocycles. The number of carbonyl (C=O) groups is 1. The van der Waals surface area contributed by atoms with Crippen LogP contribution in [0.15, 0.2) is 15.0 Å². The van der Waals surface area contributed by atoms with Gasteiger partial charge < -0.3 is 5.32 Å². The maximum absolute atomic E-state index is 10.3. The summed E-state index contributed by atoms with van der Waals surface area (Å²) in [6, 6.07) is 1.85. The molecule has 2 nitrogen and oxygen atoms in total. The Bertz CT molecular complexity index is 354. The number of nitrogens with one attached hydrogen (secondary N) is 1. The van der Waals surface area contributed by atoms with E-state index in [2.05, 4.69) is 37.2 Å². The highest BCUT2D eigenvalue weighted by molar-refractivity contribution is 9.11. The van der Waals surface area contributed by atoms with Crippen molar-refractivity contribution in [2.75, 3.05) is 5.32 Å². The van der Waals surface area contributed by atoms with Gasteiger partial charge in [-0.15, -0.1) is 0 Å². The lowest BCUT2D eigenvalue weighted by atomic mass is 10.2. The number of carbonyl (C=O) groups excluding carboxylic acids is 1. The number of rotatable bonds is 2. The van der Waals surface area contributed by atoms with Gasteiger partial charge in [-0.25, -0.2) is 0 Å². The van der Waals surface area contributed by atoms with Crippen LogP contribution in [0, 0.1) is 6.92 Å². The summed E-state index contributed by atoms with van der Waals surface area (Å²) < 4.78 is 1.49. The molecule has 0 aromatic heterocycles. The van der Waals surface area contributed by atoms with Gasteiger partial charge in [-0.1, -0.05) is 11.6 Å². The van der Waals surface area contributed by atoms with Crippen molar-refractivity contribution in [2.24, 2.45) is 0 Å². The number of hydrogen-bond donors (Lipinski definition) is 1. The third-order valence-corrected chi connectivity index (χ3v) is 3.83. The van der Waals surface area contributed by atoms with Crippen molar-refractivity contribution in [3.8, 4) is 0 Å². The van der Waals surface area contributed by atoms with Crippen molar-refractivity contribution in [1.82, 2.24) is 0 Å². The van der Waals surface area contributed by atoms with Crippen LogP contribution in [0.5, 0.6) is 0 Å². The van der Waals surface area contributed by atoms with Gasteiger partial charge in [0, 0.05) is 4.47 Å². The van der Waals surface area contributed by atoms with Crippen molar-refractivity contribution >= 4 is 55.6 Å². The molecule has 0 bridgehead atoms. The standard InChI is InChI=1S/C8H6Br2ClNO/c1-4-2-5(9)7(11)6(10)8(4)12-3-13/h2-3H,1H3,(H,12,13). The second-order valence-electron chi connectivity index (χ2n) is 2.44. The molecule has 1 amide bonds. The van der Waals surface area contributed by atoms with Crippen LogP contribution in [-0.4, -0.2) is 6.41 Å². The molecule has 0 fully saturated rings. The Morgan fingerprint density at radius 1 is 1.54 bits per heavy atom. The van der Waals surface area contributed by atoms with E-state index in [4.69, 9.17) is 11.6 Å². The molecule has 0 aliphatic carbocycles. The highest BCUT2D eigenvalue weighted by Gasteiger charge is 2.10. The van der Waals surface area contributed by atoms with E-state index in [0.29, 0.717) is 21.6 Å². The van der Waals surface area contributed by atoms with Gasteiger partial charge >= 0.3 is 0 Å². The van der Waals surface area contributed by atoms with E-state index in [1.54, 1.807) is 0 Å². The topological polar surface area (TPSA) is 29.1 Å². The fourth-order valence-electron chi connectivity index (χ4n) is 0.949. The van der Waals surface area contributed by atoms with E-state index in [9.17, 15) is 4.79 Å². The van der Waals surface area contributed by atoms with Gasteiger partial charge in [-0.2, -0.15) is 0 Å². The first-order valence-corrected chi connectivity index (χ1v) is 5.38. The van der Waals surface area contributed by atoms with Crippen LogP contribution in [0.25, 0.3) is 0 Å². The van der Waals surface area contributed by atoms with Crippen molar-refractivity contribution < 1.29 is 4.79 Å². The summed E-state index contributed by atoms with van der Waals surface area (Å²) in [5.41, 5.74) is 1.64. The van der Waals surface area contributed by atoms with E-state index in [1.807, 2.05) is 13.0 Å². The molecule has 13 heavy (non-hydrogen) atoms. The van der Waals surface area contributed by atoms with Crippen molar-refractivity contribution in [3.05, 3.63) is 25.6 Å². The zero-order valence-electron chi connectivity index (χ0n) is 6.70. The number of hydrogen-bond acceptors (Lipinski definition) is 1. The first kappa shape index (κ1) is 11.0.